The molecule has 2 fully saturated rings. The van der Waals surface area contributed by atoms with Crippen LogP contribution in [0.15, 0.2) is 18.2 Å². The van der Waals surface area contributed by atoms with Crippen LogP contribution in [0.2, 0.25) is 5.02 Å². The minimum atomic E-state index is 0.744. The zero-order valence-corrected chi connectivity index (χ0v) is 13.5. The van der Waals surface area contributed by atoms with Gasteiger partial charge in [-0.3, -0.25) is 4.90 Å². The lowest BCUT2D eigenvalue weighted by Crippen LogP contribution is -2.46. The normalized spacial score (nSPS) is 22.5. The summed E-state index contributed by atoms with van der Waals surface area (Å²) in [5, 5.41) is 0.744. The number of halogens is 1. The van der Waals surface area contributed by atoms with E-state index in [9.17, 15) is 0 Å². The van der Waals surface area contributed by atoms with Gasteiger partial charge in [0, 0.05) is 23.3 Å². The molecule has 3 nitrogen and oxygen atoms in total. The molecule has 0 saturated carbocycles. The Bertz CT molecular complexity index is 443. The SMILES string of the molecule is Nc1cc(Cl)cc(CN2CCC(N3CCCCC3)CC2)c1. The summed E-state index contributed by atoms with van der Waals surface area (Å²) in [4.78, 5) is 5.25. The minimum Gasteiger partial charge on any atom is -0.399 e. The van der Waals surface area contributed by atoms with Gasteiger partial charge in [-0.05, 0) is 75.6 Å². The Morgan fingerprint density at radius 3 is 2.38 bits per heavy atom. The van der Waals surface area contributed by atoms with Crippen molar-refractivity contribution in [3.8, 4) is 0 Å². The van der Waals surface area contributed by atoms with E-state index in [1.54, 1.807) is 0 Å². The van der Waals surface area contributed by atoms with Gasteiger partial charge in [-0.2, -0.15) is 0 Å². The van der Waals surface area contributed by atoms with Gasteiger partial charge in [0.15, 0.2) is 0 Å². The van der Waals surface area contributed by atoms with E-state index in [1.165, 1.54) is 63.8 Å². The Morgan fingerprint density at radius 1 is 1.00 bits per heavy atom. The first-order valence-corrected chi connectivity index (χ1v) is 8.60. The van der Waals surface area contributed by atoms with E-state index < -0.39 is 0 Å². The van der Waals surface area contributed by atoms with E-state index in [4.69, 9.17) is 17.3 Å². The molecular formula is C17H26ClN3. The van der Waals surface area contributed by atoms with E-state index in [2.05, 4.69) is 9.80 Å². The van der Waals surface area contributed by atoms with Gasteiger partial charge in [-0.1, -0.05) is 18.0 Å². The van der Waals surface area contributed by atoms with Crippen LogP contribution in [0.25, 0.3) is 0 Å². The summed E-state index contributed by atoms with van der Waals surface area (Å²) in [6.45, 7) is 5.98. The maximum atomic E-state index is 6.09. The van der Waals surface area contributed by atoms with E-state index in [0.717, 1.165) is 23.3 Å². The molecule has 116 valence electrons. The molecule has 0 aromatic heterocycles. The highest BCUT2D eigenvalue weighted by molar-refractivity contribution is 6.30. The van der Waals surface area contributed by atoms with Gasteiger partial charge in [0.25, 0.3) is 0 Å². The number of nitrogen functional groups attached to an aromatic ring is 1. The lowest BCUT2D eigenvalue weighted by molar-refractivity contribution is 0.0896. The third-order valence-electron chi connectivity index (χ3n) is 4.85. The molecule has 2 saturated heterocycles. The predicted molar refractivity (Wildman–Crippen MR) is 89.6 cm³/mol. The maximum absolute atomic E-state index is 6.09. The monoisotopic (exact) mass is 307 g/mol. The second-order valence-corrected chi connectivity index (χ2v) is 6.93. The summed E-state index contributed by atoms with van der Waals surface area (Å²) < 4.78 is 0. The van der Waals surface area contributed by atoms with Crippen molar-refractivity contribution in [3.63, 3.8) is 0 Å². The van der Waals surface area contributed by atoms with Crippen LogP contribution >= 0.6 is 11.6 Å². The molecule has 0 spiro atoms. The molecule has 1 aromatic carbocycles. The van der Waals surface area contributed by atoms with Crippen molar-refractivity contribution in [2.45, 2.75) is 44.7 Å². The average Bonchev–Trinajstić information content (AvgIpc) is 2.48. The smallest absolute Gasteiger partial charge is 0.0429 e. The minimum absolute atomic E-state index is 0.744. The van der Waals surface area contributed by atoms with Crippen molar-refractivity contribution in [3.05, 3.63) is 28.8 Å². The van der Waals surface area contributed by atoms with Crippen molar-refractivity contribution in [1.29, 1.82) is 0 Å². The van der Waals surface area contributed by atoms with Crippen LogP contribution in [-0.2, 0) is 6.54 Å². The Morgan fingerprint density at radius 2 is 1.71 bits per heavy atom. The number of nitrogens with two attached hydrogens (primary N) is 1. The molecule has 2 heterocycles. The van der Waals surface area contributed by atoms with Gasteiger partial charge in [0.1, 0.15) is 0 Å². The van der Waals surface area contributed by atoms with E-state index in [0.29, 0.717) is 0 Å². The Balaban J connectivity index is 1.51. The topological polar surface area (TPSA) is 32.5 Å². The number of anilines is 1. The molecule has 0 radical (unpaired) electrons. The lowest BCUT2D eigenvalue weighted by atomic mass is 9.99. The van der Waals surface area contributed by atoms with Crippen molar-refractivity contribution in [1.82, 2.24) is 9.80 Å². The van der Waals surface area contributed by atoms with E-state index in [-0.39, 0.29) is 0 Å². The van der Waals surface area contributed by atoms with Crippen LogP contribution in [0.3, 0.4) is 0 Å². The number of hydrogen-bond donors (Lipinski definition) is 1. The molecule has 0 bridgehead atoms. The zero-order chi connectivity index (χ0) is 14.7. The van der Waals surface area contributed by atoms with Gasteiger partial charge in [-0.25, -0.2) is 0 Å². The summed E-state index contributed by atoms with van der Waals surface area (Å²) in [7, 11) is 0. The number of benzene rings is 1. The zero-order valence-electron chi connectivity index (χ0n) is 12.7. The standard InChI is InChI=1S/C17H26ClN3/c18-15-10-14(11-16(19)12-15)13-20-8-4-17(5-9-20)21-6-2-1-3-7-21/h10-12,17H,1-9,13,19H2. The molecule has 2 aliphatic heterocycles. The van der Waals surface area contributed by atoms with Crippen molar-refractivity contribution in [2.24, 2.45) is 0 Å². The van der Waals surface area contributed by atoms with Crippen LogP contribution in [0.5, 0.6) is 0 Å². The average molecular weight is 308 g/mol. The molecule has 0 unspecified atom stereocenters. The molecule has 1 aromatic rings. The highest BCUT2D eigenvalue weighted by Crippen LogP contribution is 2.23. The number of piperidine rings is 2. The maximum Gasteiger partial charge on any atom is 0.0429 e. The fourth-order valence-electron chi connectivity index (χ4n) is 3.75. The van der Waals surface area contributed by atoms with Crippen molar-refractivity contribution in [2.75, 3.05) is 31.9 Å². The molecule has 4 heteroatoms. The summed E-state index contributed by atoms with van der Waals surface area (Å²) in [5.41, 5.74) is 7.87. The first kappa shape index (κ1) is 15.1. The third-order valence-corrected chi connectivity index (χ3v) is 5.07. The Kier molecular flexibility index (Phi) is 5.04. The molecule has 0 amide bonds. The molecule has 3 rings (SSSR count). The quantitative estimate of drug-likeness (QED) is 0.869. The van der Waals surface area contributed by atoms with Gasteiger partial charge >= 0.3 is 0 Å². The third kappa shape index (κ3) is 4.12. The highest BCUT2D eigenvalue weighted by Gasteiger charge is 2.25. The Hall–Kier alpha value is -0.770. The van der Waals surface area contributed by atoms with Gasteiger partial charge in [0.2, 0.25) is 0 Å². The fourth-order valence-corrected chi connectivity index (χ4v) is 4.02. The summed E-state index contributed by atoms with van der Waals surface area (Å²) in [5.74, 6) is 0. The second-order valence-electron chi connectivity index (χ2n) is 6.50. The van der Waals surface area contributed by atoms with Crippen LogP contribution in [-0.4, -0.2) is 42.0 Å². The largest absolute Gasteiger partial charge is 0.399 e. The van der Waals surface area contributed by atoms with E-state index in [1.807, 2.05) is 18.2 Å². The van der Waals surface area contributed by atoms with E-state index >= 15 is 0 Å². The van der Waals surface area contributed by atoms with Gasteiger partial charge in [-0.15, -0.1) is 0 Å². The molecule has 0 aliphatic carbocycles. The van der Waals surface area contributed by atoms with Crippen LogP contribution < -0.4 is 5.73 Å². The molecule has 21 heavy (non-hydrogen) atoms. The number of rotatable bonds is 3. The van der Waals surface area contributed by atoms with Crippen LogP contribution in [0.1, 0.15) is 37.7 Å². The van der Waals surface area contributed by atoms with Crippen LogP contribution in [0, 0.1) is 0 Å². The predicted octanol–water partition coefficient (Wildman–Crippen LogP) is 3.37. The number of likely N-dealkylation sites (tertiary alicyclic amines) is 2. The second kappa shape index (κ2) is 6.99. The Labute approximate surface area is 133 Å². The first-order chi connectivity index (χ1) is 10.2. The lowest BCUT2D eigenvalue weighted by Gasteiger charge is -2.40. The summed E-state index contributed by atoms with van der Waals surface area (Å²) in [6.07, 6.45) is 6.81. The van der Waals surface area contributed by atoms with Crippen molar-refractivity contribution < 1.29 is 0 Å². The molecule has 0 atom stereocenters. The number of nitrogens with zero attached hydrogens (tertiary/aromatic N) is 2. The van der Waals surface area contributed by atoms with Gasteiger partial charge in [0.05, 0.1) is 0 Å². The molecule has 2 aliphatic rings. The summed E-state index contributed by atoms with van der Waals surface area (Å²) in [6, 6.07) is 6.70. The summed E-state index contributed by atoms with van der Waals surface area (Å²) >= 11 is 6.09. The van der Waals surface area contributed by atoms with Gasteiger partial charge < -0.3 is 10.6 Å². The number of hydrogen-bond acceptors (Lipinski definition) is 3. The first-order valence-electron chi connectivity index (χ1n) is 8.22. The van der Waals surface area contributed by atoms with Crippen LogP contribution in [0.4, 0.5) is 5.69 Å². The molecular weight excluding hydrogens is 282 g/mol. The fraction of sp³-hybridized carbons (Fsp3) is 0.647. The van der Waals surface area contributed by atoms with Crippen molar-refractivity contribution >= 4 is 17.3 Å². The molecule has 2 N–H and O–H groups in total. The highest BCUT2D eigenvalue weighted by atomic mass is 35.5.